The monoisotopic (exact) mass is 955 g/mol. The summed E-state index contributed by atoms with van der Waals surface area (Å²) in [5, 5.41) is 0. The van der Waals surface area contributed by atoms with E-state index in [1.54, 1.807) is 105 Å². The lowest BCUT2D eigenvalue weighted by molar-refractivity contribution is 0.0722. The van der Waals surface area contributed by atoms with Gasteiger partial charge in [0.2, 0.25) is 0 Å². The molecule has 0 saturated heterocycles. The summed E-state index contributed by atoms with van der Waals surface area (Å²) in [6.07, 6.45) is 25.2. The van der Waals surface area contributed by atoms with E-state index < -0.39 is 23.9 Å². The molecule has 0 aliphatic rings. The maximum Gasteiger partial charge on any atom is 0.343 e. The second kappa shape index (κ2) is 30.9. The molecule has 70 heavy (non-hydrogen) atoms. The number of unbranched alkanes of at least 4 members (excludes halogenated alkanes) is 18. The van der Waals surface area contributed by atoms with Crippen molar-refractivity contribution in [2.24, 2.45) is 0 Å². The van der Waals surface area contributed by atoms with Crippen molar-refractivity contribution >= 4 is 23.9 Å². The van der Waals surface area contributed by atoms with Crippen molar-refractivity contribution < 1.29 is 47.6 Å². The molecule has 10 heteroatoms. The summed E-state index contributed by atoms with van der Waals surface area (Å²) in [4.78, 5) is 52.3. The molecule has 0 unspecified atom stereocenters. The topological polar surface area (TPSA) is 124 Å². The van der Waals surface area contributed by atoms with Crippen LogP contribution < -0.4 is 28.4 Å². The van der Waals surface area contributed by atoms with Crippen molar-refractivity contribution in [3.05, 3.63) is 143 Å². The second-order valence-electron chi connectivity index (χ2n) is 18.1. The van der Waals surface area contributed by atoms with Gasteiger partial charge < -0.3 is 28.4 Å². The molecule has 0 fully saturated rings. The first-order chi connectivity index (χ1) is 34.1. The zero-order valence-corrected chi connectivity index (χ0v) is 42.0. The fraction of sp³-hybridized carbons (Fsp3) is 0.433. The van der Waals surface area contributed by atoms with Crippen LogP contribution >= 0.6 is 0 Å². The minimum Gasteiger partial charge on any atom is -0.494 e. The van der Waals surface area contributed by atoms with Gasteiger partial charge in [-0.05, 0) is 135 Å². The third-order valence-corrected chi connectivity index (χ3v) is 12.2. The van der Waals surface area contributed by atoms with Crippen molar-refractivity contribution in [2.75, 3.05) is 13.2 Å². The Bertz CT molecular complexity index is 2210. The predicted molar refractivity (Wildman–Crippen MR) is 276 cm³/mol. The summed E-state index contributed by atoms with van der Waals surface area (Å²) in [6.45, 7) is 9.23. The number of rotatable bonds is 32. The summed E-state index contributed by atoms with van der Waals surface area (Å²) in [6, 6.07) is 29.2. The standard InChI is InChI=1S/C60H74O10/c1-5-7-9-11-13-15-17-19-21-23-40-65-51-34-28-47(29-35-51)57(61)69-55-38-32-49(42-45(55)3)59(63)67-53-26-25-27-54(44-53)68-60(64)50-33-39-56(46(4)43-50)70-58(62)48-30-36-52(37-31-48)66-41-24-22-20-18-16-14-12-10-8-6-2/h25-39,42-44H,5-24,40-41H2,1-4H3. The summed E-state index contributed by atoms with van der Waals surface area (Å²) >= 11 is 0. The Hall–Kier alpha value is -6.42. The van der Waals surface area contributed by atoms with Gasteiger partial charge in [-0.2, -0.15) is 0 Å². The van der Waals surface area contributed by atoms with E-state index in [1.165, 1.54) is 121 Å². The number of hydrogen-bond donors (Lipinski definition) is 0. The van der Waals surface area contributed by atoms with Gasteiger partial charge in [-0.15, -0.1) is 0 Å². The number of carbonyl (C=O) groups is 4. The normalized spacial score (nSPS) is 10.9. The first-order valence-electron chi connectivity index (χ1n) is 25.8. The van der Waals surface area contributed by atoms with Gasteiger partial charge in [0.1, 0.15) is 34.5 Å². The van der Waals surface area contributed by atoms with Crippen LogP contribution in [0, 0.1) is 13.8 Å². The highest BCUT2D eigenvalue weighted by Crippen LogP contribution is 2.27. The highest BCUT2D eigenvalue weighted by molar-refractivity contribution is 5.94. The second-order valence-corrected chi connectivity index (χ2v) is 18.1. The average Bonchev–Trinajstić information content (AvgIpc) is 3.36. The molecule has 0 aliphatic carbocycles. The molecular formula is C60H74O10. The van der Waals surface area contributed by atoms with Crippen LogP contribution in [0.15, 0.2) is 109 Å². The first kappa shape index (κ1) is 54.5. The van der Waals surface area contributed by atoms with Crippen molar-refractivity contribution in [3.63, 3.8) is 0 Å². The lowest BCUT2D eigenvalue weighted by Crippen LogP contribution is -2.12. The quantitative estimate of drug-likeness (QED) is 0.0234. The van der Waals surface area contributed by atoms with Crippen LogP contribution in [0.4, 0.5) is 0 Å². The third-order valence-electron chi connectivity index (χ3n) is 12.2. The molecule has 0 spiro atoms. The SMILES string of the molecule is CCCCCCCCCCCCOc1ccc(C(=O)Oc2ccc(C(=O)Oc3cccc(OC(=O)c4ccc(OC(=O)c5ccc(OCCCCCCCCCCCC)cc5)c(C)c4)c3)cc2C)cc1. The summed E-state index contributed by atoms with van der Waals surface area (Å²) in [7, 11) is 0. The minimum atomic E-state index is -0.650. The fourth-order valence-electron chi connectivity index (χ4n) is 7.97. The van der Waals surface area contributed by atoms with E-state index >= 15 is 0 Å². The van der Waals surface area contributed by atoms with Crippen LogP contribution in [0.25, 0.3) is 0 Å². The molecule has 0 bridgehead atoms. The van der Waals surface area contributed by atoms with Gasteiger partial charge >= 0.3 is 23.9 Å². The smallest absolute Gasteiger partial charge is 0.343 e. The Labute approximate surface area is 416 Å². The summed E-state index contributed by atoms with van der Waals surface area (Å²) in [5.74, 6) is -0.0180. The van der Waals surface area contributed by atoms with Gasteiger partial charge in [0, 0.05) is 6.07 Å². The van der Waals surface area contributed by atoms with Gasteiger partial charge in [0.25, 0.3) is 0 Å². The van der Waals surface area contributed by atoms with E-state index in [2.05, 4.69) is 13.8 Å². The Kier molecular flexibility index (Phi) is 24.1. The lowest BCUT2D eigenvalue weighted by Gasteiger charge is -2.11. The number of aryl methyl sites for hydroxylation is 2. The first-order valence-corrected chi connectivity index (χ1v) is 25.8. The van der Waals surface area contributed by atoms with Crippen molar-refractivity contribution in [3.8, 4) is 34.5 Å². The molecule has 0 aromatic heterocycles. The van der Waals surface area contributed by atoms with Crippen molar-refractivity contribution in [2.45, 2.75) is 156 Å². The molecule has 0 amide bonds. The predicted octanol–water partition coefficient (Wildman–Crippen LogP) is 15.8. The van der Waals surface area contributed by atoms with Gasteiger partial charge in [-0.3, -0.25) is 0 Å². The van der Waals surface area contributed by atoms with E-state index in [-0.39, 0.29) is 22.6 Å². The van der Waals surface area contributed by atoms with E-state index in [0.717, 1.165) is 25.7 Å². The van der Waals surface area contributed by atoms with E-state index in [9.17, 15) is 19.2 Å². The van der Waals surface area contributed by atoms with Gasteiger partial charge in [-0.25, -0.2) is 19.2 Å². The number of carbonyl (C=O) groups excluding carboxylic acids is 4. The van der Waals surface area contributed by atoms with Crippen LogP contribution in [-0.4, -0.2) is 37.1 Å². The number of esters is 4. The summed E-state index contributed by atoms with van der Waals surface area (Å²) in [5.41, 5.74) is 2.35. The largest absolute Gasteiger partial charge is 0.494 e. The average molecular weight is 955 g/mol. The van der Waals surface area contributed by atoms with Gasteiger partial charge in [0.15, 0.2) is 0 Å². The van der Waals surface area contributed by atoms with Crippen LogP contribution in [0.1, 0.15) is 195 Å². The zero-order valence-electron chi connectivity index (χ0n) is 42.0. The number of hydrogen-bond acceptors (Lipinski definition) is 10. The Morgan fingerprint density at radius 2 is 0.643 bits per heavy atom. The summed E-state index contributed by atoms with van der Waals surface area (Å²) < 4.78 is 34.3. The Morgan fingerprint density at radius 1 is 0.329 bits per heavy atom. The highest BCUT2D eigenvalue weighted by Gasteiger charge is 2.18. The van der Waals surface area contributed by atoms with Crippen LogP contribution in [0.3, 0.4) is 0 Å². The van der Waals surface area contributed by atoms with E-state index in [4.69, 9.17) is 28.4 Å². The van der Waals surface area contributed by atoms with E-state index in [1.807, 2.05) is 0 Å². The Morgan fingerprint density at radius 3 is 0.986 bits per heavy atom. The van der Waals surface area contributed by atoms with Crippen molar-refractivity contribution in [1.29, 1.82) is 0 Å². The minimum absolute atomic E-state index is 0.159. The fourth-order valence-corrected chi connectivity index (χ4v) is 7.97. The Balaban J connectivity index is 1.01. The molecule has 5 aromatic carbocycles. The van der Waals surface area contributed by atoms with Gasteiger partial charge in [0.05, 0.1) is 35.5 Å². The molecule has 0 atom stereocenters. The molecule has 0 heterocycles. The van der Waals surface area contributed by atoms with Crippen LogP contribution in [0.5, 0.6) is 34.5 Å². The molecule has 5 aromatic rings. The molecular weight excluding hydrogens is 881 g/mol. The molecule has 0 saturated carbocycles. The molecule has 0 radical (unpaired) electrons. The molecule has 5 rings (SSSR count). The zero-order chi connectivity index (χ0) is 49.8. The van der Waals surface area contributed by atoms with Crippen LogP contribution in [-0.2, 0) is 0 Å². The third kappa shape index (κ3) is 19.5. The van der Waals surface area contributed by atoms with E-state index in [0.29, 0.717) is 58.5 Å². The maximum absolute atomic E-state index is 13.2. The number of ether oxygens (including phenoxy) is 6. The van der Waals surface area contributed by atoms with Gasteiger partial charge in [-0.1, -0.05) is 135 Å². The molecule has 374 valence electrons. The molecule has 0 aliphatic heterocycles. The van der Waals surface area contributed by atoms with Crippen LogP contribution in [0.2, 0.25) is 0 Å². The molecule has 10 nitrogen and oxygen atoms in total. The maximum atomic E-state index is 13.2. The molecule has 0 N–H and O–H groups in total. The lowest BCUT2D eigenvalue weighted by atomic mass is 10.1. The van der Waals surface area contributed by atoms with Crippen molar-refractivity contribution in [1.82, 2.24) is 0 Å². The number of benzene rings is 5. The highest BCUT2D eigenvalue weighted by atomic mass is 16.6.